The van der Waals surface area contributed by atoms with E-state index in [2.05, 4.69) is 32.2 Å². The van der Waals surface area contributed by atoms with Crippen molar-refractivity contribution in [3.8, 4) is 0 Å². The van der Waals surface area contributed by atoms with Crippen LogP contribution in [-0.4, -0.2) is 6.54 Å². The standard InChI is InChI=1S/C13H25N/c1-11(2)12(3)7-4-5-8-13-9-6-10-14-13/h9,11-12,14H,4-8,10H2,1-3H3. The van der Waals surface area contributed by atoms with Crippen LogP contribution in [0.3, 0.4) is 0 Å². The van der Waals surface area contributed by atoms with Crippen molar-refractivity contribution in [1.82, 2.24) is 5.32 Å². The average molecular weight is 195 g/mol. The monoisotopic (exact) mass is 195 g/mol. The summed E-state index contributed by atoms with van der Waals surface area (Å²) >= 11 is 0. The van der Waals surface area contributed by atoms with Crippen LogP contribution in [0.2, 0.25) is 0 Å². The number of unbranched alkanes of at least 4 members (excludes halogenated alkanes) is 1. The summed E-state index contributed by atoms with van der Waals surface area (Å²) in [4.78, 5) is 0. The van der Waals surface area contributed by atoms with Crippen molar-refractivity contribution in [2.75, 3.05) is 6.54 Å². The second-order valence-electron chi connectivity index (χ2n) is 4.91. The van der Waals surface area contributed by atoms with Gasteiger partial charge in [0.15, 0.2) is 0 Å². The number of hydrogen-bond donors (Lipinski definition) is 1. The second-order valence-corrected chi connectivity index (χ2v) is 4.91. The Kier molecular flexibility index (Phi) is 5.06. The maximum Gasteiger partial charge on any atom is 0.0179 e. The molecule has 1 aliphatic rings. The molecule has 1 heterocycles. The number of nitrogens with one attached hydrogen (secondary N) is 1. The average Bonchev–Trinajstić information content (AvgIpc) is 2.64. The lowest BCUT2D eigenvalue weighted by Gasteiger charge is -2.14. The van der Waals surface area contributed by atoms with Crippen LogP contribution in [0.15, 0.2) is 11.8 Å². The van der Waals surface area contributed by atoms with Gasteiger partial charge in [0.2, 0.25) is 0 Å². The van der Waals surface area contributed by atoms with Gasteiger partial charge in [0, 0.05) is 12.2 Å². The first-order chi connectivity index (χ1) is 6.70. The van der Waals surface area contributed by atoms with Crippen molar-refractivity contribution in [3.63, 3.8) is 0 Å². The number of hydrogen-bond acceptors (Lipinski definition) is 1. The van der Waals surface area contributed by atoms with E-state index in [1.807, 2.05) is 0 Å². The summed E-state index contributed by atoms with van der Waals surface area (Å²) in [6.07, 6.45) is 8.99. The van der Waals surface area contributed by atoms with Gasteiger partial charge < -0.3 is 5.32 Å². The first-order valence-corrected chi connectivity index (χ1v) is 6.13. The van der Waals surface area contributed by atoms with Crippen LogP contribution in [0.25, 0.3) is 0 Å². The van der Waals surface area contributed by atoms with E-state index in [4.69, 9.17) is 0 Å². The molecular weight excluding hydrogens is 170 g/mol. The molecule has 1 unspecified atom stereocenters. The lowest BCUT2D eigenvalue weighted by molar-refractivity contribution is 0.377. The summed E-state index contributed by atoms with van der Waals surface area (Å²) in [7, 11) is 0. The van der Waals surface area contributed by atoms with E-state index in [9.17, 15) is 0 Å². The van der Waals surface area contributed by atoms with E-state index in [1.165, 1.54) is 37.8 Å². The summed E-state index contributed by atoms with van der Waals surface area (Å²) < 4.78 is 0. The highest BCUT2D eigenvalue weighted by Gasteiger charge is 2.07. The fourth-order valence-corrected chi connectivity index (χ4v) is 1.86. The van der Waals surface area contributed by atoms with E-state index in [1.54, 1.807) is 0 Å². The van der Waals surface area contributed by atoms with Crippen LogP contribution in [0.1, 0.15) is 52.9 Å². The van der Waals surface area contributed by atoms with Crippen molar-refractivity contribution in [2.45, 2.75) is 52.9 Å². The van der Waals surface area contributed by atoms with Gasteiger partial charge in [-0.15, -0.1) is 0 Å². The molecule has 82 valence electrons. The summed E-state index contributed by atoms with van der Waals surface area (Å²) in [5.41, 5.74) is 1.49. The van der Waals surface area contributed by atoms with E-state index < -0.39 is 0 Å². The fourth-order valence-electron chi connectivity index (χ4n) is 1.86. The van der Waals surface area contributed by atoms with Crippen molar-refractivity contribution in [1.29, 1.82) is 0 Å². The third-order valence-electron chi connectivity index (χ3n) is 3.38. The quantitative estimate of drug-likeness (QED) is 0.637. The molecule has 0 saturated carbocycles. The molecule has 0 aromatic heterocycles. The summed E-state index contributed by atoms with van der Waals surface area (Å²) in [5.74, 6) is 1.74. The van der Waals surface area contributed by atoms with Gasteiger partial charge in [-0.1, -0.05) is 39.7 Å². The van der Waals surface area contributed by atoms with E-state index in [0.29, 0.717) is 0 Å². The van der Waals surface area contributed by atoms with Crippen LogP contribution in [0.4, 0.5) is 0 Å². The van der Waals surface area contributed by atoms with Gasteiger partial charge in [0.25, 0.3) is 0 Å². The lowest BCUT2D eigenvalue weighted by atomic mass is 9.92. The highest BCUT2D eigenvalue weighted by molar-refractivity contribution is 5.04. The van der Waals surface area contributed by atoms with E-state index in [0.717, 1.165) is 18.4 Å². The Hall–Kier alpha value is -0.460. The highest BCUT2D eigenvalue weighted by atomic mass is 14.9. The number of allylic oxidation sites excluding steroid dienone is 1. The molecule has 14 heavy (non-hydrogen) atoms. The zero-order valence-electron chi connectivity index (χ0n) is 9.97. The molecule has 1 rings (SSSR count). The van der Waals surface area contributed by atoms with E-state index >= 15 is 0 Å². The Labute approximate surface area is 89.0 Å². The molecule has 0 aromatic rings. The molecule has 1 aliphatic heterocycles. The molecule has 0 radical (unpaired) electrons. The molecule has 1 N–H and O–H groups in total. The zero-order chi connectivity index (χ0) is 10.4. The Balaban J connectivity index is 1.99. The molecule has 1 heteroatoms. The fraction of sp³-hybridized carbons (Fsp3) is 0.846. The topological polar surface area (TPSA) is 12.0 Å². The highest BCUT2D eigenvalue weighted by Crippen LogP contribution is 2.19. The van der Waals surface area contributed by atoms with Gasteiger partial charge >= 0.3 is 0 Å². The largest absolute Gasteiger partial charge is 0.388 e. The van der Waals surface area contributed by atoms with Gasteiger partial charge in [-0.2, -0.15) is 0 Å². The number of rotatable bonds is 6. The van der Waals surface area contributed by atoms with Gasteiger partial charge in [-0.05, 0) is 31.1 Å². The van der Waals surface area contributed by atoms with Crippen molar-refractivity contribution in [2.24, 2.45) is 11.8 Å². The molecule has 1 atom stereocenters. The SMILES string of the molecule is CC(C)C(C)CCCCC1=CCCN1. The molecule has 0 spiro atoms. The predicted molar refractivity (Wildman–Crippen MR) is 63.2 cm³/mol. The minimum Gasteiger partial charge on any atom is -0.388 e. The lowest BCUT2D eigenvalue weighted by Crippen LogP contribution is -2.07. The normalized spacial score (nSPS) is 18.1. The van der Waals surface area contributed by atoms with Crippen molar-refractivity contribution in [3.05, 3.63) is 11.8 Å². The van der Waals surface area contributed by atoms with Crippen LogP contribution in [0.5, 0.6) is 0 Å². The van der Waals surface area contributed by atoms with Gasteiger partial charge in [-0.25, -0.2) is 0 Å². The molecule has 0 aliphatic carbocycles. The maximum atomic E-state index is 3.43. The molecular formula is C13H25N. The van der Waals surface area contributed by atoms with Crippen LogP contribution in [-0.2, 0) is 0 Å². The molecule has 0 aromatic carbocycles. The first kappa shape index (κ1) is 11.6. The van der Waals surface area contributed by atoms with Gasteiger partial charge in [0.1, 0.15) is 0 Å². The summed E-state index contributed by atoms with van der Waals surface area (Å²) in [5, 5.41) is 3.43. The van der Waals surface area contributed by atoms with Gasteiger partial charge in [-0.3, -0.25) is 0 Å². The minimum atomic E-state index is 0.846. The second kappa shape index (κ2) is 6.10. The molecule has 0 fully saturated rings. The Morgan fingerprint density at radius 1 is 1.29 bits per heavy atom. The maximum absolute atomic E-state index is 3.43. The van der Waals surface area contributed by atoms with Crippen molar-refractivity contribution >= 4 is 0 Å². The third kappa shape index (κ3) is 4.17. The summed E-state index contributed by atoms with van der Waals surface area (Å²) in [6, 6.07) is 0. The molecule has 0 amide bonds. The van der Waals surface area contributed by atoms with Gasteiger partial charge in [0.05, 0.1) is 0 Å². The smallest absolute Gasteiger partial charge is 0.0179 e. The van der Waals surface area contributed by atoms with Crippen LogP contribution >= 0.6 is 0 Å². The Bertz CT molecular complexity index is 182. The molecule has 0 bridgehead atoms. The molecule has 0 saturated heterocycles. The predicted octanol–water partition coefficient (Wildman–Crippen LogP) is 3.72. The Morgan fingerprint density at radius 2 is 2.07 bits per heavy atom. The first-order valence-electron chi connectivity index (χ1n) is 6.13. The van der Waals surface area contributed by atoms with Crippen LogP contribution in [0, 0.1) is 11.8 Å². The summed E-state index contributed by atoms with van der Waals surface area (Å²) in [6.45, 7) is 8.19. The third-order valence-corrected chi connectivity index (χ3v) is 3.38. The molecule has 1 nitrogen and oxygen atoms in total. The van der Waals surface area contributed by atoms with Crippen molar-refractivity contribution < 1.29 is 0 Å². The zero-order valence-corrected chi connectivity index (χ0v) is 9.97. The van der Waals surface area contributed by atoms with E-state index in [-0.39, 0.29) is 0 Å². The van der Waals surface area contributed by atoms with Crippen LogP contribution < -0.4 is 5.32 Å². The Morgan fingerprint density at radius 3 is 2.64 bits per heavy atom. The minimum absolute atomic E-state index is 0.846.